The molecule has 1 aromatic heterocycles. The molecule has 0 aliphatic rings. The minimum Gasteiger partial charge on any atom is -0.495 e. The van der Waals surface area contributed by atoms with Crippen LogP contribution < -0.4 is 4.74 Å². The highest BCUT2D eigenvalue weighted by atomic mass is 16.5. The number of nitrogens with one attached hydrogen (secondary N) is 1. The molecule has 0 fully saturated rings. The van der Waals surface area contributed by atoms with Crippen LogP contribution in [0.3, 0.4) is 0 Å². The first-order valence-corrected chi connectivity index (χ1v) is 4.53. The van der Waals surface area contributed by atoms with E-state index in [0.717, 1.165) is 22.2 Å². The SMILES string of the molecule is COc1ccc(CN=C=O)c2cc[nH]c12. The van der Waals surface area contributed by atoms with Crippen molar-refractivity contribution in [3.05, 3.63) is 30.0 Å². The van der Waals surface area contributed by atoms with Crippen LogP contribution in [0, 0.1) is 0 Å². The highest BCUT2D eigenvalue weighted by Crippen LogP contribution is 2.27. The van der Waals surface area contributed by atoms with Crippen LogP contribution in [0.5, 0.6) is 5.75 Å². The number of isocyanates is 1. The van der Waals surface area contributed by atoms with Gasteiger partial charge >= 0.3 is 0 Å². The third kappa shape index (κ3) is 1.63. The van der Waals surface area contributed by atoms with Gasteiger partial charge in [-0.1, -0.05) is 6.07 Å². The van der Waals surface area contributed by atoms with Crippen LogP contribution in [-0.2, 0) is 11.3 Å². The number of benzene rings is 1. The summed E-state index contributed by atoms with van der Waals surface area (Å²) in [6.07, 6.45) is 3.37. The van der Waals surface area contributed by atoms with Crippen molar-refractivity contribution in [1.82, 2.24) is 4.98 Å². The Morgan fingerprint density at radius 3 is 3.07 bits per heavy atom. The fourth-order valence-electron chi connectivity index (χ4n) is 1.62. The third-order valence-corrected chi connectivity index (χ3v) is 2.31. The van der Waals surface area contributed by atoms with Crippen LogP contribution in [0.4, 0.5) is 0 Å². The molecule has 0 unspecified atom stereocenters. The molecular formula is C11H10N2O2. The van der Waals surface area contributed by atoms with Gasteiger partial charge in [0.05, 0.1) is 19.2 Å². The Morgan fingerprint density at radius 2 is 2.33 bits per heavy atom. The monoisotopic (exact) mass is 202 g/mol. The summed E-state index contributed by atoms with van der Waals surface area (Å²) in [7, 11) is 1.62. The van der Waals surface area contributed by atoms with E-state index in [-0.39, 0.29) is 0 Å². The van der Waals surface area contributed by atoms with E-state index in [0.29, 0.717) is 6.54 Å². The van der Waals surface area contributed by atoms with E-state index in [1.54, 1.807) is 7.11 Å². The van der Waals surface area contributed by atoms with Crippen molar-refractivity contribution in [2.45, 2.75) is 6.54 Å². The quantitative estimate of drug-likeness (QED) is 0.611. The number of fused-ring (bicyclic) bond motifs is 1. The van der Waals surface area contributed by atoms with Crippen molar-refractivity contribution in [3.8, 4) is 5.75 Å². The lowest BCUT2D eigenvalue weighted by atomic mass is 10.1. The lowest BCUT2D eigenvalue weighted by Gasteiger charge is -2.04. The highest BCUT2D eigenvalue weighted by Gasteiger charge is 2.06. The maximum absolute atomic E-state index is 10.1. The smallest absolute Gasteiger partial charge is 0.235 e. The molecule has 4 nitrogen and oxygen atoms in total. The third-order valence-electron chi connectivity index (χ3n) is 2.31. The predicted molar refractivity (Wildman–Crippen MR) is 56.7 cm³/mol. The fraction of sp³-hybridized carbons (Fsp3) is 0.182. The Morgan fingerprint density at radius 1 is 1.47 bits per heavy atom. The minimum atomic E-state index is 0.349. The molecule has 1 aromatic carbocycles. The summed E-state index contributed by atoms with van der Waals surface area (Å²) in [5, 5.41) is 1.02. The van der Waals surface area contributed by atoms with E-state index in [4.69, 9.17) is 4.74 Å². The lowest BCUT2D eigenvalue weighted by Crippen LogP contribution is -1.88. The second kappa shape index (κ2) is 3.98. The van der Waals surface area contributed by atoms with Crippen LogP contribution in [0.25, 0.3) is 10.9 Å². The van der Waals surface area contributed by atoms with Crippen LogP contribution >= 0.6 is 0 Å². The van der Waals surface area contributed by atoms with Crippen molar-refractivity contribution in [3.63, 3.8) is 0 Å². The average molecular weight is 202 g/mol. The molecule has 0 bridgehead atoms. The van der Waals surface area contributed by atoms with Crippen molar-refractivity contribution in [2.75, 3.05) is 7.11 Å². The lowest BCUT2D eigenvalue weighted by molar-refractivity contribution is 0.419. The van der Waals surface area contributed by atoms with Crippen molar-refractivity contribution >= 4 is 17.0 Å². The molecule has 2 rings (SSSR count). The molecule has 0 aliphatic heterocycles. The zero-order valence-electron chi connectivity index (χ0n) is 8.28. The van der Waals surface area contributed by atoms with Gasteiger partial charge in [-0.3, -0.25) is 0 Å². The Kier molecular flexibility index (Phi) is 2.52. The van der Waals surface area contributed by atoms with Gasteiger partial charge in [0.15, 0.2) is 0 Å². The summed E-state index contributed by atoms with van der Waals surface area (Å²) >= 11 is 0. The number of aromatic nitrogens is 1. The van der Waals surface area contributed by atoms with Crippen LogP contribution in [0.15, 0.2) is 29.4 Å². The van der Waals surface area contributed by atoms with Gasteiger partial charge in [-0.25, -0.2) is 9.79 Å². The van der Waals surface area contributed by atoms with Gasteiger partial charge in [-0.05, 0) is 17.7 Å². The molecule has 2 aromatic rings. The maximum atomic E-state index is 10.1. The molecule has 0 radical (unpaired) electrons. The normalized spacial score (nSPS) is 9.93. The molecule has 1 heterocycles. The molecule has 15 heavy (non-hydrogen) atoms. The van der Waals surface area contributed by atoms with Gasteiger partial charge in [-0.2, -0.15) is 0 Å². The van der Waals surface area contributed by atoms with Gasteiger partial charge < -0.3 is 9.72 Å². The van der Waals surface area contributed by atoms with Crippen LogP contribution in [0.2, 0.25) is 0 Å². The number of rotatable bonds is 3. The van der Waals surface area contributed by atoms with E-state index in [1.807, 2.05) is 24.4 Å². The number of hydrogen-bond donors (Lipinski definition) is 1. The Balaban J connectivity index is 2.57. The van der Waals surface area contributed by atoms with Gasteiger partial charge in [0, 0.05) is 11.6 Å². The first-order chi connectivity index (χ1) is 7.36. The van der Waals surface area contributed by atoms with E-state index >= 15 is 0 Å². The number of carbonyl (C=O) groups excluding carboxylic acids is 1. The predicted octanol–water partition coefficient (Wildman–Crippen LogP) is 2.01. The summed E-state index contributed by atoms with van der Waals surface area (Å²) in [6, 6.07) is 5.69. The Labute approximate surface area is 86.6 Å². The van der Waals surface area contributed by atoms with Crippen LogP contribution in [-0.4, -0.2) is 18.2 Å². The van der Waals surface area contributed by atoms with Crippen molar-refractivity contribution < 1.29 is 9.53 Å². The minimum absolute atomic E-state index is 0.349. The van der Waals surface area contributed by atoms with Gasteiger partial charge in [0.25, 0.3) is 0 Å². The van der Waals surface area contributed by atoms with E-state index in [9.17, 15) is 4.79 Å². The summed E-state index contributed by atoms with van der Waals surface area (Å²) < 4.78 is 5.21. The number of methoxy groups -OCH3 is 1. The van der Waals surface area contributed by atoms with E-state index < -0.39 is 0 Å². The molecule has 4 heteroatoms. The second-order valence-electron chi connectivity index (χ2n) is 3.10. The highest BCUT2D eigenvalue weighted by molar-refractivity contribution is 5.88. The molecule has 0 spiro atoms. The second-order valence-corrected chi connectivity index (χ2v) is 3.10. The number of ether oxygens (including phenoxy) is 1. The van der Waals surface area contributed by atoms with Crippen LogP contribution in [0.1, 0.15) is 5.56 Å². The summed E-state index contributed by atoms with van der Waals surface area (Å²) in [6.45, 7) is 0.349. The first kappa shape index (κ1) is 9.49. The van der Waals surface area contributed by atoms with Gasteiger partial charge in [-0.15, -0.1) is 0 Å². The van der Waals surface area contributed by atoms with Gasteiger partial charge in [0.2, 0.25) is 6.08 Å². The van der Waals surface area contributed by atoms with E-state index in [2.05, 4.69) is 9.98 Å². The summed E-state index contributed by atoms with van der Waals surface area (Å²) in [5.41, 5.74) is 1.91. The number of aliphatic imine (C=N–C) groups is 1. The summed E-state index contributed by atoms with van der Waals surface area (Å²) in [5.74, 6) is 0.786. The van der Waals surface area contributed by atoms with Gasteiger partial charge in [0.1, 0.15) is 5.75 Å². The van der Waals surface area contributed by atoms with Crippen molar-refractivity contribution in [1.29, 1.82) is 0 Å². The molecule has 0 amide bonds. The Bertz CT molecular complexity index is 524. The number of aromatic amines is 1. The molecule has 0 aliphatic carbocycles. The fourth-order valence-corrected chi connectivity index (χ4v) is 1.62. The van der Waals surface area contributed by atoms with Crippen molar-refractivity contribution in [2.24, 2.45) is 4.99 Å². The number of nitrogens with zero attached hydrogens (tertiary/aromatic N) is 1. The van der Waals surface area contributed by atoms with E-state index in [1.165, 1.54) is 6.08 Å². The molecule has 1 N–H and O–H groups in total. The topological polar surface area (TPSA) is 54.4 Å². The maximum Gasteiger partial charge on any atom is 0.235 e. The molecular weight excluding hydrogens is 192 g/mol. The standard InChI is InChI=1S/C11H10N2O2/c1-15-10-3-2-8(6-12-7-14)9-4-5-13-11(9)10/h2-5,13H,6H2,1H3. The molecule has 0 saturated carbocycles. The molecule has 76 valence electrons. The average Bonchev–Trinajstić information content (AvgIpc) is 2.74. The Hall–Kier alpha value is -2.06. The molecule has 0 atom stereocenters. The summed E-state index contributed by atoms with van der Waals surface area (Å²) in [4.78, 5) is 16.7. The number of H-pyrrole nitrogens is 1. The largest absolute Gasteiger partial charge is 0.495 e. The first-order valence-electron chi connectivity index (χ1n) is 4.53. The zero-order valence-corrected chi connectivity index (χ0v) is 8.28. The molecule has 0 saturated heterocycles. The zero-order chi connectivity index (χ0) is 10.7. The number of hydrogen-bond acceptors (Lipinski definition) is 3.